The number of aryl methyl sites for hydroxylation is 1. The van der Waals surface area contributed by atoms with Crippen LogP contribution in [0, 0.1) is 6.92 Å². The fourth-order valence-corrected chi connectivity index (χ4v) is 2.16. The zero-order valence-corrected chi connectivity index (χ0v) is 12.2. The van der Waals surface area contributed by atoms with Crippen molar-refractivity contribution in [2.75, 3.05) is 0 Å². The van der Waals surface area contributed by atoms with Crippen LogP contribution >= 0.6 is 0 Å². The van der Waals surface area contributed by atoms with Crippen LogP contribution in [0.25, 0.3) is 16.8 Å². The van der Waals surface area contributed by atoms with E-state index in [-0.39, 0.29) is 5.75 Å². The number of halogens is 3. The molecule has 0 unspecified atom stereocenters. The molecule has 0 fully saturated rings. The Morgan fingerprint density at radius 1 is 0.913 bits per heavy atom. The standard InChI is InChI=1S/C17H13F3N2O/c1-12-2-4-13(5-3-12)14-10-21-22(11-14)15-6-8-16(9-7-15)23-17(18,19)20/h2-11H,1H3. The van der Waals surface area contributed by atoms with Crippen LogP contribution in [0.15, 0.2) is 60.9 Å². The summed E-state index contributed by atoms with van der Waals surface area (Å²) < 4.78 is 41.9. The van der Waals surface area contributed by atoms with E-state index in [2.05, 4.69) is 9.84 Å². The summed E-state index contributed by atoms with van der Waals surface area (Å²) in [6, 6.07) is 13.6. The molecule has 1 heterocycles. The lowest BCUT2D eigenvalue weighted by Crippen LogP contribution is -2.17. The van der Waals surface area contributed by atoms with Gasteiger partial charge in [0.05, 0.1) is 11.9 Å². The highest BCUT2D eigenvalue weighted by Gasteiger charge is 2.30. The second-order valence-corrected chi connectivity index (χ2v) is 5.08. The molecular formula is C17H13F3N2O. The van der Waals surface area contributed by atoms with Gasteiger partial charge in [-0.2, -0.15) is 5.10 Å². The van der Waals surface area contributed by atoms with Crippen LogP contribution in [0.2, 0.25) is 0 Å². The van der Waals surface area contributed by atoms with E-state index in [0.29, 0.717) is 5.69 Å². The first-order chi connectivity index (χ1) is 10.9. The Bertz CT molecular complexity index is 790. The molecule has 0 aliphatic rings. The van der Waals surface area contributed by atoms with E-state index >= 15 is 0 Å². The number of hydrogen-bond donors (Lipinski definition) is 0. The third-order valence-corrected chi connectivity index (χ3v) is 3.30. The zero-order valence-electron chi connectivity index (χ0n) is 12.2. The minimum atomic E-state index is -4.69. The summed E-state index contributed by atoms with van der Waals surface area (Å²) in [5, 5.41) is 4.24. The van der Waals surface area contributed by atoms with Crippen molar-refractivity contribution in [3.05, 3.63) is 66.5 Å². The molecule has 6 heteroatoms. The van der Waals surface area contributed by atoms with Crippen LogP contribution in [0.1, 0.15) is 5.56 Å². The number of alkyl halides is 3. The molecule has 3 aromatic rings. The van der Waals surface area contributed by atoms with Gasteiger partial charge in [-0.3, -0.25) is 0 Å². The minimum Gasteiger partial charge on any atom is -0.406 e. The normalized spacial score (nSPS) is 11.5. The monoisotopic (exact) mass is 318 g/mol. The maximum atomic E-state index is 12.1. The first-order valence-corrected chi connectivity index (χ1v) is 6.89. The Balaban J connectivity index is 1.81. The lowest BCUT2D eigenvalue weighted by Gasteiger charge is -2.09. The topological polar surface area (TPSA) is 27.1 Å². The molecule has 0 amide bonds. The summed E-state index contributed by atoms with van der Waals surface area (Å²) in [7, 11) is 0. The number of ether oxygens (including phenoxy) is 1. The second kappa shape index (κ2) is 5.79. The van der Waals surface area contributed by atoms with Crippen molar-refractivity contribution in [3.8, 4) is 22.6 Å². The summed E-state index contributed by atoms with van der Waals surface area (Å²) in [6.45, 7) is 2.01. The number of rotatable bonds is 3. The predicted octanol–water partition coefficient (Wildman–Crippen LogP) is 4.75. The fraction of sp³-hybridized carbons (Fsp3) is 0.118. The first-order valence-electron chi connectivity index (χ1n) is 6.89. The van der Waals surface area contributed by atoms with Gasteiger partial charge < -0.3 is 4.74 Å². The summed E-state index contributed by atoms with van der Waals surface area (Å²) >= 11 is 0. The lowest BCUT2D eigenvalue weighted by atomic mass is 10.1. The Kier molecular flexibility index (Phi) is 3.82. The predicted molar refractivity (Wildman–Crippen MR) is 80.4 cm³/mol. The Hall–Kier alpha value is -2.76. The number of aromatic nitrogens is 2. The van der Waals surface area contributed by atoms with Crippen LogP contribution in [0.4, 0.5) is 13.2 Å². The molecule has 23 heavy (non-hydrogen) atoms. The highest BCUT2D eigenvalue weighted by atomic mass is 19.4. The van der Waals surface area contributed by atoms with Crippen molar-refractivity contribution >= 4 is 0 Å². The van der Waals surface area contributed by atoms with E-state index in [1.807, 2.05) is 37.4 Å². The van der Waals surface area contributed by atoms with Crippen molar-refractivity contribution < 1.29 is 17.9 Å². The van der Waals surface area contributed by atoms with E-state index in [1.54, 1.807) is 10.9 Å². The van der Waals surface area contributed by atoms with E-state index in [1.165, 1.54) is 29.8 Å². The van der Waals surface area contributed by atoms with Crippen molar-refractivity contribution in [1.82, 2.24) is 9.78 Å². The van der Waals surface area contributed by atoms with Crippen molar-refractivity contribution in [1.29, 1.82) is 0 Å². The average molecular weight is 318 g/mol. The van der Waals surface area contributed by atoms with Crippen molar-refractivity contribution in [2.45, 2.75) is 13.3 Å². The fourth-order valence-electron chi connectivity index (χ4n) is 2.16. The third-order valence-electron chi connectivity index (χ3n) is 3.30. The average Bonchev–Trinajstić information content (AvgIpc) is 2.97. The van der Waals surface area contributed by atoms with E-state index in [0.717, 1.165) is 11.1 Å². The molecule has 0 aliphatic carbocycles. The van der Waals surface area contributed by atoms with Crippen molar-refractivity contribution in [2.24, 2.45) is 0 Å². The molecular weight excluding hydrogens is 305 g/mol. The van der Waals surface area contributed by atoms with Crippen LogP contribution < -0.4 is 4.74 Å². The van der Waals surface area contributed by atoms with Gasteiger partial charge in [-0.15, -0.1) is 13.2 Å². The molecule has 0 atom stereocenters. The van der Waals surface area contributed by atoms with Gasteiger partial charge in [0.25, 0.3) is 0 Å². The molecule has 0 bridgehead atoms. The molecule has 0 aliphatic heterocycles. The maximum Gasteiger partial charge on any atom is 0.573 e. The van der Waals surface area contributed by atoms with E-state index in [9.17, 15) is 13.2 Å². The molecule has 0 N–H and O–H groups in total. The molecule has 0 saturated carbocycles. The van der Waals surface area contributed by atoms with Crippen LogP contribution in [-0.4, -0.2) is 16.1 Å². The quantitative estimate of drug-likeness (QED) is 0.697. The smallest absolute Gasteiger partial charge is 0.406 e. The summed E-state index contributed by atoms with van der Waals surface area (Å²) in [5.74, 6) is -0.257. The summed E-state index contributed by atoms with van der Waals surface area (Å²) in [4.78, 5) is 0. The largest absolute Gasteiger partial charge is 0.573 e. The van der Waals surface area contributed by atoms with E-state index < -0.39 is 6.36 Å². The SMILES string of the molecule is Cc1ccc(-c2cnn(-c3ccc(OC(F)(F)F)cc3)c2)cc1. The molecule has 1 aromatic heterocycles. The third kappa shape index (κ3) is 3.71. The van der Waals surface area contributed by atoms with Gasteiger partial charge in [-0.1, -0.05) is 29.8 Å². The Labute approximate surface area is 130 Å². The van der Waals surface area contributed by atoms with Gasteiger partial charge in [-0.05, 0) is 36.8 Å². The molecule has 0 radical (unpaired) electrons. The number of benzene rings is 2. The van der Waals surface area contributed by atoms with Gasteiger partial charge in [0.2, 0.25) is 0 Å². The minimum absolute atomic E-state index is 0.257. The Morgan fingerprint density at radius 2 is 1.57 bits per heavy atom. The molecule has 118 valence electrons. The first kappa shape index (κ1) is 15.1. The molecule has 3 rings (SSSR count). The van der Waals surface area contributed by atoms with E-state index in [4.69, 9.17) is 0 Å². The second-order valence-electron chi connectivity index (χ2n) is 5.08. The molecule has 3 nitrogen and oxygen atoms in total. The van der Waals surface area contributed by atoms with Crippen LogP contribution in [0.3, 0.4) is 0 Å². The van der Waals surface area contributed by atoms with Crippen LogP contribution in [0.5, 0.6) is 5.75 Å². The molecule has 2 aromatic carbocycles. The number of nitrogens with zero attached hydrogens (tertiary/aromatic N) is 2. The number of hydrogen-bond acceptors (Lipinski definition) is 2. The van der Waals surface area contributed by atoms with Crippen molar-refractivity contribution in [3.63, 3.8) is 0 Å². The Morgan fingerprint density at radius 3 is 2.17 bits per heavy atom. The summed E-state index contributed by atoms with van der Waals surface area (Å²) in [5.41, 5.74) is 3.78. The zero-order chi connectivity index (χ0) is 16.4. The van der Waals surface area contributed by atoms with Gasteiger partial charge in [0.15, 0.2) is 0 Å². The maximum absolute atomic E-state index is 12.1. The lowest BCUT2D eigenvalue weighted by molar-refractivity contribution is -0.274. The van der Waals surface area contributed by atoms with Gasteiger partial charge in [0.1, 0.15) is 5.75 Å². The highest BCUT2D eigenvalue weighted by Crippen LogP contribution is 2.25. The van der Waals surface area contributed by atoms with Gasteiger partial charge in [-0.25, -0.2) is 4.68 Å². The molecule has 0 saturated heterocycles. The van der Waals surface area contributed by atoms with Gasteiger partial charge in [0, 0.05) is 11.8 Å². The van der Waals surface area contributed by atoms with Crippen LogP contribution in [-0.2, 0) is 0 Å². The highest BCUT2D eigenvalue weighted by molar-refractivity contribution is 5.62. The molecule has 0 spiro atoms. The summed E-state index contributed by atoms with van der Waals surface area (Å²) in [6.07, 6.45) is -1.15. The van der Waals surface area contributed by atoms with Gasteiger partial charge >= 0.3 is 6.36 Å².